The molecule has 1 aromatic carbocycles. The summed E-state index contributed by atoms with van der Waals surface area (Å²) in [7, 11) is 1.50. The Kier molecular flexibility index (Phi) is 9.74. The Morgan fingerprint density at radius 2 is 1.59 bits per heavy atom. The number of aliphatic carboxylic acids is 2. The lowest BCUT2D eigenvalue weighted by Gasteiger charge is -2.46. The molecule has 0 bridgehead atoms. The summed E-state index contributed by atoms with van der Waals surface area (Å²) in [6.07, 6.45) is -0.107. The Morgan fingerprint density at radius 3 is 2.09 bits per heavy atom. The van der Waals surface area contributed by atoms with Crippen LogP contribution in [-0.2, 0) is 16.6 Å². The monoisotopic (exact) mass is 649 g/mol. The van der Waals surface area contributed by atoms with Crippen molar-refractivity contribution in [2.45, 2.75) is 88.6 Å². The van der Waals surface area contributed by atoms with E-state index in [0.29, 0.717) is 11.3 Å². The van der Waals surface area contributed by atoms with Crippen LogP contribution in [0.2, 0.25) is 0 Å². The van der Waals surface area contributed by atoms with Crippen molar-refractivity contribution in [1.82, 2.24) is 35.1 Å². The molecule has 5 rings (SSSR count). The van der Waals surface area contributed by atoms with E-state index in [0.717, 1.165) is 41.2 Å². The van der Waals surface area contributed by atoms with Crippen molar-refractivity contribution in [2.75, 3.05) is 10.6 Å². The van der Waals surface area contributed by atoms with Gasteiger partial charge in [-0.25, -0.2) is 28.1 Å². The fraction of sp³-hybridized carbons (Fsp3) is 0.536. The molecule has 0 amide bonds. The summed E-state index contributed by atoms with van der Waals surface area (Å²) in [5, 5.41) is 49.9. The van der Waals surface area contributed by atoms with E-state index in [-0.39, 0.29) is 40.5 Å². The minimum Gasteiger partial charge on any atom is -0.479 e. The van der Waals surface area contributed by atoms with Crippen molar-refractivity contribution >= 4 is 29.4 Å². The molecule has 0 unspecified atom stereocenters. The SMILES string of the molecule is Cn1nnn(-c2cc(Nc3ncc(F)c(NC4CC(C)(C)NC(C)(C)C4)n3)c(F)cc2C2CC2)c1=O.O=C(O)[C@H](O)[C@@H](O)C(=O)O. The van der Waals surface area contributed by atoms with Gasteiger partial charge in [0.15, 0.2) is 23.8 Å². The van der Waals surface area contributed by atoms with Crippen LogP contribution < -0.4 is 21.6 Å². The van der Waals surface area contributed by atoms with Crippen LogP contribution >= 0.6 is 0 Å². The number of aryl methyl sites for hydroxylation is 1. The van der Waals surface area contributed by atoms with E-state index in [1.165, 1.54) is 19.2 Å². The molecule has 2 aliphatic rings. The van der Waals surface area contributed by atoms with Crippen LogP contribution in [0.3, 0.4) is 0 Å². The van der Waals surface area contributed by atoms with Crippen molar-refractivity contribution in [3.05, 3.63) is 46.0 Å². The molecule has 1 saturated heterocycles. The number of tetrazole rings is 1. The maximum Gasteiger partial charge on any atom is 0.368 e. The van der Waals surface area contributed by atoms with Gasteiger partial charge in [0.2, 0.25) is 5.95 Å². The van der Waals surface area contributed by atoms with E-state index in [4.69, 9.17) is 20.4 Å². The Labute approximate surface area is 261 Å². The zero-order valence-electron chi connectivity index (χ0n) is 25.8. The lowest BCUT2D eigenvalue weighted by atomic mass is 9.79. The summed E-state index contributed by atoms with van der Waals surface area (Å²) in [5.74, 6) is -4.42. The highest BCUT2D eigenvalue weighted by Crippen LogP contribution is 2.44. The summed E-state index contributed by atoms with van der Waals surface area (Å²) in [5.41, 5.74) is 0.481. The zero-order chi connectivity index (χ0) is 34.1. The zero-order valence-corrected chi connectivity index (χ0v) is 25.8. The number of benzene rings is 1. The molecule has 2 fully saturated rings. The second-order valence-electron chi connectivity index (χ2n) is 12.7. The standard InChI is InChI=1S/C24H31F2N9O.C4H6O6/c1-23(2)10-14(11-24(3,4)31-23)28-20-17(26)12-27-21(30-20)29-18-9-19(35-22(36)34(5)32-33-35)15(8-16(18)25)13-6-7-13;5-1(3(7)8)2(6)4(9)10/h8-9,12-14,31H,6-7,10-11H2,1-5H3,(H2,27,28,29,30);1-2,5-6H,(H,7,8)(H,9,10)/t;1-,2-/m.1/s1. The van der Waals surface area contributed by atoms with Gasteiger partial charge in [-0.3, -0.25) is 0 Å². The fourth-order valence-electron chi connectivity index (χ4n) is 5.58. The fourth-order valence-corrected chi connectivity index (χ4v) is 5.58. The van der Waals surface area contributed by atoms with Crippen LogP contribution in [0.15, 0.2) is 23.1 Å². The first kappa shape index (κ1) is 34.3. The van der Waals surface area contributed by atoms with Gasteiger partial charge in [0.25, 0.3) is 0 Å². The van der Waals surface area contributed by atoms with Gasteiger partial charge < -0.3 is 36.4 Å². The van der Waals surface area contributed by atoms with E-state index >= 15 is 4.39 Å². The van der Waals surface area contributed by atoms with Crippen molar-refractivity contribution in [2.24, 2.45) is 7.05 Å². The number of anilines is 3. The number of aromatic nitrogens is 6. The average Bonchev–Trinajstić information content (AvgIpc) is 3.74. The van der Waals surface area contributed by atoms with Gasteiger partial charge in [-0.1, -0.05) is 0 Å². The number of nitrogens with zero attached hydrogens (tertiary/aromatic N) is 6. The molecular weight excluding hydrogens is 612 g/mol. The van der Waals surface area contributed by atoms with Gasteiger partial charge in [-0.15, -0.1) is 0 Å². The van der Waals surface area contributed by atoms with E-state index in [1.807, 2.05) is 0 Å². The first-order valence-corrected chi connectivity index (χ1v) is 14.4. The number of carboxylic acid groups (broad SMARTS) is 2. The number of piperidine rings is 1. The summed E-state index contributed by atoms with van der Waals surface area (Å²) in [6, 6.07) is 2.88. The number of hydrogen-bond acceptors (Lipinski definition) is 12. The average molecular weight is 650 g/mol. The molecule has 18 heteroatoms. The highest BCUT2D eigenvalue weighted by atomic mass is 19.1. The number of carbonyl (C=O) groups is 2. The van der Waals surface area contributed by atoms with Crippen LogP contribution in [0.1, 0.15) is 64.9 Å². The molecule has 7 N–H and O–H groups in total. The van der Waals surface area contributed by atoms with E-state index in [1.54, 1.807) is 0 Å². The Hall–Kier alpha value is -4.55. The highest BCUT2D eigenvalue weighted by Gasteiger charge is 2.38. The minimum absolute atomic E-state index is 0.0156. The predicted octanol–water partition coefficient (Wildman–Crippen LogP) is 1.25. The molecule has 250 valence electrons. The highest BCUT2D eigenvalue weighted by molar-refractivity contribution is 5.83. The normalized spacial score (nSPS) is 18.5. The maximum absolute atomic E-state index is 15.1. The van der Waals surface area contributed by atoms with Crippen LogP contribution in [0.5, 0.6) is 0 Å². The first-order valence-electron chi connectivity index (χ1n) is 14.4. The molecule has 0 radical (unpaired) electrons. The molecule has 3 aromatic rings. The van der Waals surface area contributed by atoms with Crippen molar-refractivity contribution in [3.63, 3.8) is 0 Å². The topological polar surface area (TPSA) is 230 Å². The number of aliphatic hydroxyl groups is 2. The molecule has 1 aliphatic heterocycles. The molecule has 3 heterocycles. The van der Waals surface area contributed by atoms with Crippen molar-refractivity contribution in [3.8, 4) is 5.69 Å². The summed E-state index contributed by atoms with van der Waals surface area (Å²) in [6.45, 7) is 8.44. The molecule has 1 aliphatic carbocycles. The van der Waals surface area contributed by atoms with E-state index < -0.39 is 41.5 Å². The largest absolute Gasteiger partial charge is 0.479 e. The third-order valence-corrected chi connectivity index (χ3v) is 7.41. The third kappa shape index (κ3) is 8.18. The van der Waals surface area contributed by atoms with Gasteiger partial charge in [0.1, 0.15) is 5.82 Å². The molecule has 16 nitrogen and oxygen atoms in total. The molecule has 1 saturated carbocycles. The van der Waals surface area contributed by atoms with Crippen LogP contribution in [-0.4, -0.2) is 91.5 Å². The Balaban J connectivity index is 0.000000416. The number of nitrogens with one attached hydrogen (secondary N) is 3. The van der Waals surface area contributed by atoms with Gasteiger partial charge in [0, 0.05) is 24.2 Å². The summed E-state index contributed by atoms with van der Waals surface area (Å²) >= 11 is 0. The molecular formula is C28H37F2N9O7. The van der Waals surface area contributed by atoms with Gasteiger partial charge in [0.05, 0.1) is 17.6 Å². The van der Waals surface area contributed by atoms with Crippen LogP contribution in [0, 0.1) is 11.6 Å². The molecule has 2 aromatic heterocycles. The lowest BCUT2D eigenvalue weighted by Crippen LogP contribution is -2.60. The smallest absolute Gasteiger partial charge is 0.368 e. The quantitative estimate of drug-likeness (QED) is 0.173. The third-order valence-electron chi connectivity index (χ3n) is 7.41. The molecule has 46 heavy (non-hydrogen) atoms. The second kappa shape index (κ2) is 13.1. The summed E-state index contributed by atoms with van der Waals surface area (Å²) < 4.78 is 32.0. The Bertz CT molecular complexity index is 1640. The van der Waals surface area contributed by atoms with Crippen LogP contribution in [0.4, 0.5) is 26.2 Å². The Morgan fingerprint density at radius 1 is 1.00 bits per heavy atom. The molecule has 0 spiro atoms. The summed E-state index contributed by atoms with van der Waals surface area (Å²) in [4.78, 5) is 40.3. The molecule has 2 atom stereocenters. The van der Waals surface area contributed by atoms with Crippen molar-refractivity contribution < 1.29 is 38.8 Å². The number of aliphatic hydroxyl groups excluding tert-OH is 2. The van der Waals surface area contributed by atoms with Gasteiger partial charge in [-0.05, 0) is 87.4 Å². The lowest BCUT2D eigenvalue weighted by molar-refractivity contribution is -0.165. The maximum atomic E-state index is 15.1. The number of rotatable bonds is 9. The minimum atomic E-state index is -2.27. The van der Waals surface area contributed by atoms with E-state index in [9.17, 15) is 18.8 Å². The van der Waals surface area contributed by atoms with Gasteiger partial charge >= 0.3 is 17.6 Å². The second-order valence-corrected chi connectivity index (χ2v) is 12.7. The van der Waals surface area contributed by atoms with Crippen molar-refractivity contribution in [1.29, 1.82) is 0 Å². The van der Waals surface area contributed by atoms with Gasteiger partial charge in [-0.2, -0.15) is 14.3 Å². The predicted molar refractivity (Wildman–Crippen MR) is 159 cm³/mol. The number of carboxylic acids is 2. The van der Waals surface area contributed by atoms with Crippen LogP contribution in [0.25, 0.3) is 5.69 Å². The first-order chi connectivity index (χ1) is 21.4. The van der Waals surface area contributed by atoms with E-state index in [2.05, 4.69) is 64.0 Å². The number of halogens is 2. The number of hydrogen-bond donors (Lipinski definition) is 7.